The average molecular weight is 559 g/mol. The molecule has 4 heteroatoms. The summed E-state index contributed by atoms with van der Waals surface area (Å²) >= 11 is 0. The molecule has 0 amide bonds. The van der Waals surface area contributed by atoms with Crippen LogP contribution in [0.4, 0.5) is 0 Å². The SMILES string of the molecule is CCCCCCCCCCCCOc1cccc(C=CC(=O)OC(C)C)c1OCCCCCCCCCCCC. The van der Waals surface area contributed by atoms with Crippen LogP contribution in [0.15, 0.2) is 24.3 Å². The van der Waals surface area contributed by atoms with E-state index in [2.05, 4.69) is 13.8 Å². The summed E-state index contributed by atoms with van der Waals surface area (Å²) in [5.74, 6) is 1.16. The molecule has 0 fully saturated rings. The maximum absolute atomic E-state index is 12.1. The molecule has 0 atom stereocenters. The minimum Gasteiger partial charge on any atom is -0.490 e. The Morgan fingerprint density at radius 1 is 0.650 bits per heavy atom. The van der Waals surface area contributed by atoms with Gasteiger partial charge in [-0.05, 0) is 38.8 Å². The van der Waals surface area contributed by atoms with Crippen LogP contribution >= 0.6 is 0 Å². The number of carbonyl (C=O) groups excluding carboxylic acids is 1. The molecule has 1 aromatic rings. The zero-order chi connectivity index (χ0) is 29.1. The number of unbranched alkanes of at least 4 members (excludes halogenated alkanes) is 18. The highest BCUT2D eigenvalue weighted by atomic mass is 16.5. The highest BCUT2D eigenvalue weighted by Crippen LogP contribution is 2.33. The highest BCUT2D eigenvalue weighted by Gasteiger charge is 2.11. The van der Waals surface area contributed by atoms with Crippen LogP contribution < -0.4 is 9.47 Å². The molecule has 0 unspecified atom stereocenters. The third-order valence-electron chi connectivity index (χ3n) is 7.26. The molecule has 1 aromatic carbocycles. The second kappa shape index (κ2) is 26.0. The average Bonchev–Trinajstić information content (AvgIpc) is 2.93. The van der Waals surface area contributed by atoms with Crippen LogP contribution in [0.1, 0.15) is 162 Å². The van der Waals surface area contributed by atoms with Gasteiger partial charge in [-0.2, -0.15) is 0 Å². The second-order valence-electron chi connectivity index (χ2n) is 11.6. The molecule has 0 saturated heterocycles. The number of para-hydroxylation sites is 1. The van der Waals surface area contributed by atoms with E-state index < -0.39 is 0 Å². The van der Waals surface area contributed by atoms with E-state index in [-0.39, 0.29) is 12.1 Å². The molecular weight excluding hydrogens is 496 g/mol. The van der Waals surface area contributed by atoms with Crippen LogP contribution in [-0.2, 0) is 9.53 Å². The first kappa shape index (κ1) is 36.1. The Hall–Kier alpha value is -1.97. The Bertz CT molecular complexity index is 755. The maximum atomic E-state index is 12.1. The van der Waals surface area contributed by atoms with Gasteiger partial charge in [-0.25, -0.2) is 4.79 Å². The lowest BCUT2D eigenvalue weighted by Crippen LogP contribution is -2.08. The lowest BCUT2D eigenvalue weighted by Gasteiger charge is -2.15. The van der Waals surface area contributed by atoms with Crippen molar-refractivity contribution >= 4 is 12.0 Å². The molecular formula is C36H62O4. The number of hydrogen-bond acceptors (Lipinski definition) is 4. The Morgan fingerprint density at radius 2 is 1.10 bits per heavy atom. The molecule has 0 aliphatic rings. The van der Waals surface area contributed by atoms with E-state index in [1.165, 1.54) is 122 Å². The highest BCUT2D eigenvalue weighted by molar-refractivity contribution is 5.88. The number of hydrogen-bond donors (Lipinski definition) is 0. The zero-order valence-corrected chi connectivity index (χ0v) is 26.7. The van der Waals surface area contributed by atoms with Crippen molar-refractivity contribution in [3.8, 4) is 11.5 Å². The van der Waals surface area contributed by atoms with Gasteiger partial charge in [0, 0.05) is 11.6 Å². The van der Waals surface area contributed by atoms with Gasteiger partial charge in [0.05, 0.1) is 19.3 Å². The van der Waals surface area contributed by atoms with Gasteiger partial charge in [0.25, 0.3) is 0 Å². The van der Waals surface area contributed by atoms with Crippen LogP contribution in [0.25, 0.3) is 6.08 Å². The van der Waals surface area contributed by atoms with Gasteiger partial charge in [-0.3, -0.25) is 0 Å². The summed E-state index contributed by atoms with van der Waals surface area (Å²) in [5.41, 5.74) is 0.855. The van der Waals surface area contributed by atoms with Crippen LogP contribution in [0, 0.1) is 0 Å². The number of esters is 1. The summed E-state index contributed by atoms with van der Waals surface area (Å²) in [7, 11) is 0. The summed E-state index contributed by atoms with van der Waals surface area (Å²) in [4.78, 5) is 12.1. The van der Waals surface area contributed by atoms with Crippen molar-refractivity contribution in [2.45, 2.75) is 162 Å². The third-order valence-corrected chi connectivity index (χ3v) is 7.26. The molecule has 0 aliphatic heterocycles. The number of ether oxygens (including phenoxy) is 3. The monoisotopic (exact) mass is 558 g/mol. The number of carbonyl (C=O) groups is 1. The van der Waals surface area contributed by atoms with E-state index in [4.69, 9.17) is 14.2 Å². The van der Waals surface area contributed by atoms with Gasteiger partial charge in [-0.15, -0.1) is 0 Å². The lowest BCUT2D eigenvalue weighted by atomic mass is 10.1. The van der Waals surface area contributed by atoms with Gasteiger partial charge in [-0.1, -0.05) is 142 Å². The topological polar surface area (TPSA) is 44.8 Å². The summed E-state index contributed by atoms with van der Waals surface area (Å²) in [6.45, 7) is 9.60. The minimum atomic E-state index is -0.340. The van der Waals surface area contributed by atoms with Crippen molar-refractivity contribution in [2.75, 3.05) is 13.2 Å². The molecule has 0 saturated carbocycles. The lowest BCUT2D eigenvalue weighted by molar-refractivity contribution is -0.141. The molecule has 1 rings (SSSR count). The smallest absolute Gasteiger partial charge is 0.331 e. The summed E-state index contributed by atoms with van der Waals surface area (Å²) in [6, 6.07) is 5.92. The maximum Gasteiger partial charge on any atom is 0.331 e. The number of benzene rings is 1. The van der Waals surface area contributed by atoms with E-state index in [0.29, 0.717) is 13.2 Å². The molecule has 40 heavy (non-hydrogen) atoms. The fourth-order valence-corrected chi connectivity index (χ4v) is 4.90. The zero-order valence-electron chi connectivity index (χ0n) is 26.7. The molecule has 0 N–H and O–H groups in total. The summed E-state index contributed by atoms with van der Waals surface area (Å²) in [5, 5.41) is 0. The fraction of sp³-hybridized carbons (Fsp3) is 0.750. The van der Waals surface area contributed by atoms with Crippen molar-refractivity contribution in [3.05, 3.63) is 29.8 Å². The first-order valence-corrected chi connectivity index (χ1v) is 16.9. The molecule has 0 heterocycles. The molecule has 0 aliphatic carbocycles. The minimum absolute atomic E-state index is 0.139. The quantitative estimate of drug-likeness (QED) is 0.0612. The van der Waals surface area contributed by atoms with Gasteiger partial charge >= 0.3 is 5.97 Å². The Balaban J connectivity index is 2.49. The normalized spacial score (nSPS) is 11.4. The Morgan fingerprint density at radius 3 is 1.57 bits per heavy atom. The van der Waals surface area contributed by atoms with Crippen LogP contribution in [0.3, 0.4) is 0 Å². The third kappa shape index (κ3) is 20.0. The summed E-state index contributed by atoms with van der Waals surface area (Å²) < 4.78 is 17.7. The van der Waals surface area contributed by atoms with Crippen molar-refractivity contribution in [2.24, 2.45) is 0 Å². The number of rotatable bonds is 27. The molecule has 0 spiro atoms. The van der Waals surface area contributed by atoms with Gasteiger partial charge in [0.2, 0.25) is 0 Å². The molecule has 4 nitrogen and oxygen atoms in total. The predicted molar refractivity (Wildman–Crippen MR) is 171 cm³/mol. The van der Waals surface area contributed by atoms with E-state index >= 15 is 0 Å². The first-order chi connectivity index (χ1) is 19.6. The Labute approximate surface area is 247 Å². The van der Waals surface area contributed by atoms with Gasteiger partial charge in [0.15, 0.2) is 11.5 Å². The Kier molecular flexibility index (Phi) is 23.4. The fourth-order valence-electron chi connectivity index (χ4n) is 4.90. The van der Waals surface area contributed by atoms with E-state index in [1.54, 1.807) is 6.08 Å². The van der Waals surface area contributed by atoms with Crippen molar-refractivity contribution in [1.82, 2.24) is 0 Å². The van der Waals surface area contributed by atoms with E-state index in [9.17, 15) is 4.79 Å². The van der Waals surface area contributed by atoms with E-state index in [0.717, 1.165) is 29.9 Å². The van der Waals surface area contributed by atoms with Crippen molar-refractivity contribution in [3.63, 3.8) is 0 Å². The van der Waals surface area contributed by atoms with Gasteiger partial charge < -0.3 is 14.2 Å². The van der Waals surface area contributed by atoms with Crippen LogP contribution in [0.2, 0.25) is 0 Å². The standard InChI is InChI=1S/C36H62O4/c1-5-7-9-11-13-15-17-19-21-23-30-38-34-27-25-26-33(28-29-35(37)40-32(3)4)36(34)39-31-24-22-20-18-16-14-12-10-8-6-2/h25-29,32H,5-24,30-31H2,1-4H3. The van der Waals surface area contributed by atoms with Crippen LogP contribution in [0.5, 0.6) is 11.5 Å². The van der Waals surface area contributed by atoms with E-state index in [1.807, 2.05) is 32.0 Å². The summed E-state index contributed by atoms with van der Waals surface area (Å²) in [6.07, 6.45) is 29.1. The van der Waals surface area contributed by atoms with Crippen molar-refractivity contribution < 1.29 is 19.0 Å². The molecule has 0 bridgehead atoms. The molecule has 230 valence electrons. The predicted octanol–water partition coefficient (Wildman–Crippen LogP) is 11.3. The largest absolute Gasteiger partial charge is 0.490 e. The molecule has 0 aromatic heterocycles. The van der Waals surface area contributed by atoms with Gasteiger partial charge in [0.1, 0.15) is 0 Å². The first-order valence-electron chi connectivity index (χ1n) is 16.9. The van der Waals surface area contributed by atoms with Crippen molar-refractivity contribution in [1.29, 1.82) is 0 Å². The second-order valence-corrected chi connectivity index (χ2v) is 11.6. The van der Waals surface area contributed by atoms with Crippen LogP contribution in [-0.4, -0.2) is 25.3 Å². The molecule has 0 radical (unpaired) electrons.